The predicted octanol–water partition coefficient (Wildman–Crippen LogP) is 4.40. The van der Waals surface area contributed by atoms with Crippen LogP contribution in [0, 0.1) is 6.92 Å². The SMILES string of the molecule is Cc1[nH]c2ccc(O)cc2c1C(=O)NC1CCN(C(C)CCc2ccccc2)CC1. The van der Waals surface area contributed by atoms with Crippen molar-refractivity contribution in [3.05, 3.63) is 65.4 Å². The summed E-state index contributed by atoms with van der Waals surface area (Å²) in [6.45, 7) is 6.23. The van der Waals surface area contributed by atoms with Crippen LogP contribution in [-0.2, 0) is 6.42 Å². The number of nitrogens with zero attached hydrogens (tertiary/aromatic N) is 1. The summed E-state index contributed by atoms with van der Waals surface area (Å²) < 4.78 is 0. The van der Waals surface area contributed by atoms with Gasteiger partial charge in [-0.15, -0.1) is 0 Å². The van der Waals surface area contributed by atoms with E-state index in [1.807, 2.05) is 13.0 Å². The van der Waals surface area contributed by atoms with Crippen LogP contribution in [0.3, 0.4) is 0 Å². The molecule has 1 atom stereocenters. The van der Waals surface area contributed by atoms with Gasteiger partial charge in [-0.25, -0.2) is 0 Å². The van der Waals surface area contributed by atoms with Gasteiger partial charge in [0, 0.05) is 41.8 Å². The van der Waals surface area contributed by atoms with Gasteiger partial charge >= 0.3 is 0 Å². The number of amides is 1. The Balaban J connectivity index is 1.31. The molecule has 0 aliphatic carbocycles. The van der Waals surface area contributed by atoms with Crippen LogP contribution in [0.4, 0.5) is 0 Å². The van der Waals surface area contributed by atoms with Gasteiger partial charge in [-0.1, -0.05) is 30.3 Å². The smallest absolute Gasteiger partial charge is 0.253 e. The van der Waals surface area contributed by atoms with E-state index in [9.17, 15) is 9.90 Å². The second-order valence-electron chi connectivity index (χ2n) is 8.51. The molecule has 4 rings (SSSR count). The first-order valence-corrected chi connectivity index (χ1v) is 10.9. The molecule has 2 aromatic carbocycles. The van der Waals surface area contributed by atoms with Crippen molar-refractivity contribution in [1.82, 2.24) is 15.2 Å². The van der Waals surface area contributed by atoms with E-state index >= 15 is 0 Å². The summed E-state index contributed by atoms with van der Waals surface area (Å²) in [6.07, 6.45) is 4.19. The molecule has 0 saturated carbocycles. The normalized spacial score (nSPS) is 16.6. The maximum absolute atomic E-state index is 13.0. The first kappa shape index (κ1) is 20.5. The van der Waals surface area contributed by atoms with Gasteiger partial charge in [0.05, 0.1) is 5.56 Å². The molecule has 1 unspecified atom stereocenters. The number of rotatable bonds is 6. The van der Waals surface area contributed by atoms with Crippen LogP contribution in [0.25, 0.3) is 10.9 Å². The predicted molar refractivity (Wildman–Crippen MR) is 121 cm³/mol. The monoisotopic (exact) mass is 405 g/mol. The highest BCUT2D eigenvalue weighted by Crippen LogP contribution is 2.26. The molecule has 0 bridgehead atoms. The zero-order valence-corrected chi connectivity index (χ0v) is 17.8. The van der Waals surface area contributed by atoms with Crippen molar-refractivity contribution in [1.29, 1.82) is 0 Å². The first-order chi connectivity index (χ1) is 14.5. The van der Waals surface area contributed by atoms with E-state index in [1.165, 1.54) is 5.56 Å². The number of fused-ring (bicyclic) bond motifs is 1. The maximum Gasteiger partial charge on any atom is 0.253 e. The Morgan fingerprint density at radius 3 is 2.67 bits per heavy atom. The molecule has 30 heavy (non-hydrogen) atoms. The highest BCUT2D eigenvalue weighted by Gasteiger charge is 2.25. The third-order valence-corrected chi connectivity index (χ3v) is 6.38. The fourth-order valence-electron chi connectivity index (χ4n) is 4.55. The van der Waals surface area contributed by atoms with Gasteiger partial charge in [0.2, 0.25) is 0 Å². The summed E-state index contributed by atoms with van der Waals surface area (Å²) in [7, 11) is 0. The first-order valence-electron chi connectivity index (χ1n) is 10.9. The minimum absolute atomic E-state index is 0.0556. The lowest BCUT2D eigenvalue weighted by Crippen LogP contribution is -2.47. The van der Waals surface area contributed by atoms with Crippen LogP contribution in [0.1, 0.15) is 47.8 Å². The molecule has 3 N–H and O–H groups in total. The molecule has 5 heteroatoms. The molecule has 158 valence electrons. The number of phenols is 1. The highest BCUT2D eigenvalue weighted by molar-refractivity contribution is 6.08. The Bertz CT molecular complexity index is 1000. The van der Waals surface area contributed by atoms with Gasteiger partial charge in [0.15, 0.2) is 0 Å². The summed E-state index contributed by atoms with van der Waals surface area (Å²) in [6, 6.07) is 16.5. The van der Waals surface area contributed by atoms with Crippen molar-refractivity contribution in [2.45, 2.75) is 51.6 Å². The fraction of sp³-hybridized carbons (Fsp3) is 0.400. The van der Waals surface area contributed by atoms with Crippen LogP contribution in [0.15, 0.2) is 48.5 Å². The highest BCUT2D eigenvalue weighted by atomic mass is 16.3. The molecular formula is C25H31N3O2. The van der Waals surface area contributed by atoms with Crippen LogP contribution >= 0.6 is 0 Å². The Hall–Kier alpha value is -2.79. The van der Waals surface area contributed by atoms with E-state index in [2.05, 4.69) is 52.5 Å². The summed E-state index contributed by atoms with van der Waals surface area (Å²) in [4.78, 5) is 18.8. The van der Waals surface area contributed by atoms with Crippen LogP contribution in [0.5, 0.6) is 5.75 Å². The second kappa shape index (κ2) is 8.92. The van der Waals surface area contributed by atoms with Gasteiger partial charge in [-0.05, 0) is 63.3 Å². The van der Waals surface area contributed by atoms with Gasteiger partial charge < -0.3 is 20.3 Å². The molecule has 3 aromatic rings. The fourth-order valence-corrected chi connectivity index (χ4v) is 4.55. The van der Waals surface area contributed by atoms with Gasteiger partial charge in [0.1, 0.15) is 5.75 Å². The summed E-state index contributed by atoms with van der Waals surface area (Å²) in [5, 5.41) is 13.8. The third kappa shape index (κ3) is 4.51. The Kier molecular flexibility index (Phi) is 6.09. The van der Waals surface area contributed by atoms with Gasteiger partial charge in [0.25, 0.3) is 5.91 Å². The summed E-state index contributed by atoms with van der Waals surface area (Å²) in [5.74, 6) is 0.119. The molecule has 5 nitrogen and oxygen atoms in total. The number of phenolic OH excluding ortho intramolecular Hbond substituents is 1. The van der Waals surface area contributed by atoms with E-state index in [0.717, 1.165) is 55.4 Å². The number of carbonyl (C=O) groups is 1. The molecular weight excluding hydrogens is 374 g/mol. The topological polar surface area (TPSA) is 68.4 Å². The van der Waals surface area contributed by atoms with Crippen LogP contribution in [-0.4, -0.2) is 46.1 Å². The van der Waals surface area contributed by atoms with E-state index in [-0.39, 0.29) is 17.7 Å². The molecule has 1 amide bonds. The average Bonchev–Trinajstić information content (AvgIpc) is 3.08. The number of piperidine rings is 1. The van der Waals surface area contributed by atoms with Gasteiger partial charge in [-0.2, -0.15) is 0 Å². The van der Waals surface area contributed by atoms with E-state index in [4.69, 9.17) is 0 Å². The maximum atomic E-state index is 13.0. The lowest BCUT2D eigenvalue weighted by atomic mass is 9.99. The molecule has 0 spiro atoms. The number of nitrogens with one attached hydrogen (secondary N) is 2. The number of carbonyl (C=O) groups excluding carboxylic acids is 1. The number of H-pyrrole nitrogens is 1. The van der Waals surface area contributed by atoms with Crippen molar-refractivity contribution in [2.75, 3.05) is 13.1 Å². The van der Waals surface area contributed by atoms with E-state index in [1.54, 1.807) is 12.1 Å². The van der Waals surface area contributed by atoms with Crippen LogP contribution < -0.4 is 5.32 Å². The van der Waals surface area contributed by atoms with Crippen molar-refractivity contribution in [2.24, 2.45) is 0 Å². The zero-order chi connectivity index (χ0) is 21.1. The molecule has 1 aliphatic rings. The number of aromatic nitrogens is 1. The van der Waals surface area contributed by atoms with Gasteiger partial charge in [-0.3, -0.25) is 4.79 Å². The number of benzene rings is 2. The Morgan fingerprint density at radius 1 is 1.20 bits per heavy atom. The number of aromatic amines is 1. The largest absolute Gasteiger partial charge is 0.508 e. The van der Waals surface area contributed by atoms with Crippen molar-refractivity contribution < 1.29 is 9.90 Å². The third-order valence-electron chi connectivity index (χ3n) is 6.38. The van der Waals surface area contributed by atoms with E-state index < -0.39 is 0 Å². The number of aryl methyl sites for hydroxylation is 2. The lowest BCUT2D eigenvalue weighted by Gasteiger charge is -2.36. The number of aromatic hydroxyl groups is 1. The molecule has 0 radical (unpaired) electrons. The molecule has 1 aliphatic heterocycles. The standard InChI is InChI=1S/C25H31N3O2/c1-17(8-9-19-6-4-3-5-7-19)28-14-12-20(13-15-28)27-25(30)24-18(2)26-23-11-10-21(29)16-22(23)24/h3-7,10-11,16-17,20,26,29H,8-9,12-15H2,1-2H3,(H,27,30). The molecule has 1 saturated heterocycles. The minimum Gasteiger partial charge on any atom is -0.508 e. The van der Waals surface area contributed by atoms with Crippen molar-refractivity contribution >= 4 is 16.8 Å². The van der Waals surface area contributed by atoms with E-state index in [0.29, 0.717) is 11.6 Å². The Morgan fingerprint density at radius 2 is 1.93 bits per heavy atom. The lowest BCUT2D eigenvalue weighted by molar-refractivity contribution is 0.0894. The number of hydrogen-bond acceptors (Lipinski definition) is 3. The van der Waals surface area contributed by atoms with Crippen molar-refractivity contribution in [3.8, 4) is 5.75 Å². The summed E-state index contributed by atoms with van der Waals surface area (Å²) >= 11 is 0. The quantitative estimate of drug-likeness (QED) is 0.569. The molecule has 2 heterocycles. The molecule has 1 aromatic heterocycles. The second-order valence-corrected chi connectivity index (χ2v) is 8.51. The summed E-state index contributed by atoms with van der Waals surface area (Å²) in [5.41, 5.74) is 3.74. The minimum atomic E-state index is -0.0556. The number of hydrogen-bond donors (Lipinski definition) is 3. The average molecular weight is 406 g/mol. The number of likely N-dealkylation sites (tertiary alicyclic amines) is 1. The van der Waals surface area contributed by atoms with Crippen LogP contribution in [0.2, 0.25) is 0 Å². The molecule has 1 fully saturated rings. The van der Waals surface area contributed by atoms with Crippen molar-refractivity contribution in [3.63, 3.8) is 0 Å². The Labute approximate surface area is 178 Å². The zero-order valence-electron chi connectivity index (χ0n) is 17.8.